The van der Waals surface area contributed by atoms with Crippen molar-refractivity contribution in [2.45, 2.75) is 57.4 Å². The number of aliphatic hydroxyl groups is 1. The molecule has 0 saturated carbocycles. The van der Waals surface area contributed by atoms with Crippen LogP contribution in [0.3, 0.4) is 0 Å². The van der Waals surface area contributed by atoms with Crippen LogP contribution in [-0.2, 0) is 12.4 Å². The smallest absolute Gasteiger partial charge is 0.250 e. The van der Waals surface area contributed by atoms with Crippen LogP contribution in [0.1, 0.15) is 71.3 Å². The molecule has 0 bridgehead atoms. The average molecular weight is 466 g/mol. The molecule has 0 unspecified atom stereocenters. The van der Waals surface area contributed by atoms with E-state index in [0.717, 1.165) is 24.8 Å². The van der Waals surface area contributed by atoms with E-state index in [-0.39, 0.29) is 30.0 Å². The Morgan fingerprint density at radius 3 is 2.84 bits per heavy atom. The molecule has 0 aliphatic carbocycles. The van der Waals surface area contributed by atoms with Gasteiger partial charge in [-0.3, -0.25) is 4.79 Å². The molecule has 0 amide bonds. The van der Waals surface area contributed by atoms with Crippen LogP contribution in [0, 0.1) is 6.92 Å². The first-order chi connectivity index (χ1) is 14.9. The molecule has 1 aromatic carbocycles. The van der Waals surface area contributed by atoms with Crippen molar-refractivity contribution < 1.29 is 24.3 Å². The molecule has 1 atom stereocenters. The first kappa shape index (κ1) is 23.5. The van der Waals surface area contributed by atoms with E-state index in [1.807, 2.05) is 6.92 Å². The fraction of sp³-hybridized carbons (Fsp3) is 0.524. The van der Waals surface area contributed by atoms with E-state index in [2.05, 4.69) is 15.5 Å². The molecule has 0 spiro atoms. The maximum atomic E-state index is 13.0. The zero-order chi connectivity index (χ0) is 22.4. The lowest BCUT2D eigenvalue weighted by molar-refractivity contribution is 0.0977. The van der Waals surface area contributed by atoms with E-state index >= 15 is 0 Å². The summed E-state index contributed by atoms with van der Waals surface area (Å²) in [5.74, 6) is 2.06. The fourth-order valence-electron chi connectivity index (χ4n) is 3.60. The van der Waals surface area contributed by atoms with Crippen LogP contribution in [0.25, 0.3) is 0 Å². The summed E-state index contributed by atoms with van der Waals surface area (Å²) in [5, 5.41) is 26.9. The third-order valence-corrected chi connectivity index (χ3v) is 6.60. The molecule has 0 fully saturated rings. The van der Waals surface area contributed by atoms with E-state index in [4.69, 9.17) is 21.5 Å². The molecule has 3 rings (SSSR count). The Hall–Kier alpha value is -2.17. The van der Waals surface area contributed by atoms with E-state index in [0.29, 0.717) is 52.1 Å². The Morgan fingerprint density at radius 2 is 2.13 bits per heavy atom. The number of carbonyl (C=O) groups is 1. The van der Waals surface area contributed by atoms with Gasteiger partial charge < -0.3 is 24.8 Å². The number of rotatable bonds is 3. The number of hydrogen-bond donors (Lipinski definition) is 3. The average Bonchev–Trinajstić information content (AvgIpc) is 3.23. The summed E-state index contributed by atoms with van der Waals surface area (Å²) >= 11 is 7.00. The van der Waals surface area contributed by atoms with Gasteiger partial charge in [0.2, 0.25) is 5.89 Å². The van der Waals surface area contributed by atoms with Gasteiger partial charge in [0.15, 0.2) is 11.6 Å². The maximum absolute atomic E-state index is 13.0. The van der Waals surface area contributed by atoms with Crippen LogP contribution in [0.2, 0.25) is 0 Å². The Labute approximate surface area is 190 Å². The number of benzene rings is 1. The van der Waals surface area contributed by atoms with Crippen molar-refractivity contribution in [3.63, 3.8) is 0 Å². The molecule has 3 N–H and O–H groups in total. The fourth-order valence-corrected chi connectivity index (χ4v) is 4.96. The molecule has 1 aromatic heterocycles. The minimum atomic E-state index is -0.339. The number of phenolic OH excluding ortho intramolecular Hbond substituents is 1. The number of aliphatic hydroxyl groups excluding tert-OH is 1. The molecular weight excluding hydrogens is 438 g/mol. The van der Waals surface area contributed by atoms with Crippen molar-refractivity contribution in [3.05, 3.63) is 34.5 Å². The topological polar surface area (TPSA) is 118 Å². The molecule has 8 nitrogen and oxygen atoms in total. The number of thioether (sulfide) groups is 1. The quantitative estimate of drug-likeness (QED) is 0.580. The minimum Gasteiger partial charge on any atom is -0.507 e. The van der Waals surface area contributed by atoms with Crippen LogP contribution in [0.5, 0.6) is 11.5 Å². The highest BCUT2D eigenvalue weighted by atomic mass is 32.2. The second-order valence-corrected chi connectivity index (χ2v) is 8.93. The number of carbonyl (C=O) groups excluding carboxylic acids is 1. The van der Waals surface area contributed by atoms with Crippen molar-refractivity contribution >= 4 is 34.8 Å². The van der Waals surface area contributed by atoms with Crippen LogP contribution < -0.4 is 10.1 Å². The summed E-state index contributed by atoms with van der Waals surface area (Å²) in [5.41, 5.74) is 1.89. The maximum Gasteiger partial charge on any atom is 0.250 e. The van der Waals surface area contributed by atoms with Gasteiger partial charge in [0.25, 0.3) is 0 Å². The summed E-state index contributed by atoms with van der Waals surface area (Å²) in [4.78, 5) is 17.9. The van der Waals surface area contributed by atoms with Gasteiger partial charge in [0.1, 0.15) is 24.1 Å². The van der Waals surface area contributed by atoms with Crippen molar-refractivity contribution in [2.24, 2.45) is 0 Å². The molecule has 1 aliphatic heterocycles. The second kappa shape index (κ2) is 10.9. The highest BCUT2D eigenvalue weighted by Crippen LogP contribution is 2.36. The SMILES string of the molecule is COc1cc(O)c2c(c1C)C(=O)CCCCCC(=S)N[C@H](c1nc(CO)no1)CSC2. The zero-order valence-corrected chi connectivity index (χ0v) is 19.3. The molecule has 168 valence electrons. The first-order valence-corrected chi connectivity index (χ1v) is 11.7. The minimum absolute atomic E-state index is 0.0149. The molecular formula is C21H27N3O5S2. The summed E-state index contributed by atoms with van der Waals surface area (Å²) in [6.07, 6.45) is 3.60. The van der Waals surface area contributed by atoms with E-state index in [1.165, 1.54) is 18.9 Å². The van der Waals surface area contributed by atoms with Gasteiger partial charge in [-0.05, 0) is 26.2 Å². The van der Waals surface area contributed by atoms with Gasteiger partial charge in [0, 0.05) is 40.7 Å². The van der Waals surface area contributed by atoms with Crippen LogP contribution >= 0.6 is 24.0 Å². The lowest BCUT2D eigenvalue weighted by atomic mass is 9.94. The number of ether oxygens (including phenoxy) is 1. The summed E-state index contributed by atoms with van der Waals surface area (Å²) in [7, 11) is 1.53. The first-order valence-electron chi connectivity index (χ1n) is 10.2. The van der Waals surface area contributed by atoms with E-state index in [1.54, 1.807) is 6.07 Å². The van der Waals surface area contributed by atoms with Crippen molar-refractivity contribution in [3.8, 4) is 11.5 Å². The second-order valence-electron chi connectivity index (χ2n) is 7.40. The third-order valence-electron chi connectivity index (χ3n) is 5.22. The monoisotopic (exact) mass is 465 g/mol. The van der Waals surface area contributed by atoms with Crippen LogP contribution in [0.15, 0.2) is 10.6 Å². The number of ketones is 1. The largest absolute Gasteiger partial charge is 0.507 e. The number of nitrogens with zero attached hydrogens (tertiary/aromatic N) is 2. The summed E-state index contributed by atoms with van der Waals surface area (Å²) < 4.78 is 10.7. The predicted octanol–water partition coefficient (Wildman–Crippen LogP) is 3.62. The number of hydrogen-bond acceptors (Lipinski definition) is 9. The Balaban J connectivity index is 1.91. The van der Waals surface area contributed by atoms with Crippen molar-refractivity contribution in [1.29, 1.82) is 0 Å². The van der Waals surface area contributed by atoms with E-state index in [9.17, 15) is 15.0 Å². The van der Waals surface area contributed by atoms with Gasteiger partial charge in [-0.2, -0.15) is 16.7 Å². The Morgan fingerprint density at radius 1 is 1.35 bits per heavy atom. The molecule has 10 heteroatoms. The lowest BCUT2D eigenvalue weighted by Crippen LogP contribution is -2.29. The highest BCUT2D eigenvalue weighted by Gasteiger charge is 2.24. The number of fused-ring (bicyclic) bond motifs is 1. The van der Waals surface area contributed by atoms with Crippen LogP contribution in [0.4, 0.5) is 0 Å². The van der Waals surface area contributed by atoms with Gasteiger partial charge in [-0.25, -0.2) is 0 Å². The molecule has 0 saturated heterocycles. The highest BCUT2D eigenvalue weighted by molar-refractivity contribution is 7.98. The van der Waals surface area contributed by atoms with Crippen LogP contribution in [-0.4, -0.2) is 44.0 Å². The number of Topliss-reactive ketones (excluding diaryl/α,β-unsaturated/α-hetero) is 1. The third kappa shape index (κ3) is 5.75. The molecule has 0 radical (unpaired) electrons. The number of methoxy groups -OCH3 is 1. The predicted molar refractivity (Wildman–Crippen MR) is 122 cm³/mol. The van der Waals surface area contributed by atoms with Gasteiger partial charge >= 0.3 is 0 Å². The van der Waals surface area contributed by atoms with E-state index < -0.39 is 0 Å². The summed E-state index contributed by atoms with van der Waals surface area (Å²) in [6.45, 7) is 1.54. The van der Waals surface area contributed by atoms with Gasteiger partial charge in [-0.1, -0.05) is 23.8 Å². The van der Waals surface area contributed by atoms with Crippen molar-refractivity contribution in [1.82, 2.24) is 15.5 Å². The lowest BCUT2D eigenvalue weighted by Gasteiger charge is -2.20. The molecule has 31 heavy (non-hydrogen) atoms. The van der Waals surface area contributed by atoms with Gasteiger partial charge in [0.05, 0.1) is 12.1 Å². The standard InChI is InChI=1S/C21H27N3O5S2/c1-12-17(28-2)8-16(27)13-10-31-11-14(21-23-18(9-25)24-29-21)22-19(30)7-5-3-4-6-15(26)20(12)13/h8,14,25,27H,3-7,9-11H2,1-2H3,(H,22,30)/t14-/m0/s1. The van der Waals surface area contributed by atoms with Gasteiger partial charge in [-0.15, -0.1) is 0 Å². The Bertz CT molecular complexity index is 947. The normalized spacial score (nSPS) is 18.7. The number of aromatic hydroxyl groups is 1. The summed E-state index contributed by atoms with van der Waals surface area (Å²) in [6, 6.07) is 1.22. The Kier molecular flexibility index (Phi) is 8.28. The van der Waals surface area contributed by atoms with Crippen molar-refractivity contribution in [2.75, 3.05) is 12.9 Å². The number of phenols is 1. The number of thiocarbonyl (C=S) groups is 1. The zero-order valence-electron chi connectivity index (χ0n) is 17.6. The molecule has 2 heterocycles. The number of aromatic nitrogens is 2. The number of nitrogens with one attached hydrogen (secondary N) is 1. The molecule has 1 aliphatic rings. The molecule has 2 aromatic rings.